The van der Waals surface area contributed by atoms with E-state index in [0.717, 1.165) is 17.7 Å². The molecule has 1 fully saturated rings. The molecule has 1 aromatic carbocycles. The smallest absolute Gasteiger partial charge is 0.123 e. The van der Waals surface area contributed by atoms with Gasteiger partial charge in [0.05, 0.1) is 0 Å². The van der Waals surface area contributed by atoms with E-state index in [2.05, 4.69) is 19.2 Å². The van der Waals surface area contributed by atoms with Crippen molar-refractivity contribution in [2.45, 2.75) is 45.7 Å². The van der Waals surface area contributed by atoms with E-state index in [9.17, 15) is 4.39 Å². The van der Waals surface area contributed by atoms with Gasteiger partial charge >= 0.3 is 0 Å². The summed E-state index contributed by atoms with van der Waals surface area (Å²) in [6, 6.07) is 5.29. The lowest BCUT2D eigenvalue weighted by Gasteiger charge is -2.20. The van der Waals surface area contributed by atoms with Crippen LogP contribution < -0.4 is 11.1 Å². The summed E-state index contributed by atoms with van der Waals surface area (Å²) in [5.41, 5.74) is 7.90. The van der Waals surface area contributed by atoms with Gasteiger partial charge in [-0.25, -0.2) is 4.39 Å². The zero-order valence-corrected chi connectivity index (χ0v) is 10.6. The van der Waals surface area contributed by atoms with Crippen molar-refractivity contribution in [1.29, 1.82) is 0 Å². The lowest BCUT2D eigenvalue weighted by atomic mass is 9.92. The number of benzene rings is 1. The van der Waals surface area contributed by atoms with E-state index >= 15 is 0 Å². The molecule has 1 aliphatic carbocycles. The molecule has 0 spiro atoms. The number of hydrogen-bond acceptors (Lipinski definition) is 2. The van der Waals surface area contributed by atoms with Gasteiger partial charge in [-0.15, -0.1) is 0 Å². The van der Waals surface area contributed by atoms with Gasteiger partial charge in [0.25, 0.3) is 0 Å². The number of hydrogen-bond donors (Lipinski definition) is 2. The molecular formula is C14H21FN2. The molecule has 0 amide bonds. The zero-order valence-electron chi connectivity index (χ0n) is 10.6. The topological polar surface area (TPSA) is 38.0 Å². The normalized spacial score (nSPS) is 22.7. The van der Waals surface area contributed by atoms with Gasteiger partial charge in [-0.2, -0.15) is 0 Å². The predicted octanol–water partition coefficient (Wildman–Crippen LogP) is 3.28. The second-order valence-electron chi connectivity index (χ2n) is 5.75. The largest absolute Gasteiger partial charge is 0.382 e. The Labute approximate surface area is 102 Å². The Kier molecular flexibility index (Phi) is 3.38. The Morgan fingerprint density at radius 1 is 1.47 bits per heavy atom. The van der Waals surface area contributed by atoms with Crippen LogP contribution in [0.1, 0.15) is 38.7 Å². The first kappa shape index (κ1) is 12.4. The average molecular weight is 236 g/mol. The minimum atomic E-state index is -0.220. The Morgan fingerprint density at radius 3 is 2.82 bits per heavy atom. The fraction of sp³-hybridized carbons (Fsp3) is 0.571. The van der Waals surface area contributed by atoms with E-state index in [-0.39, 0.29) is 5.82 Å². The van der Waals surface area contributed by atoms with Crippen LogP contribution in [0.15, 0.2) is 18.2 Å². The highest BCUT2D eigenvalue weighted by Crippen LogP contribution is 2.38. The zero-order chi connectivity index (χ0) is 12.5. The van der Waals surface area contributed by atoms with E-state index < -0.39 is 0 Å². The van der Waals surface area contributed by atoms with Crippen molar-refractivity contribution in [3.63, 3.8) is 0 Å². The molecule has 1 atom stereocenters. The van der Waals surface area contributed by atoms with Gasteiger partial charge in [0, 0.05) is 18.3 Å². The van der Waals surface area contributed by atoms with Crippen LogP contribution >= 0.6 is 0 Å². The Hall–Kier alpha value is -1.09. The average Bonchev–Trinajstić information content (AvgIpc) is 2.61. The molecule has 1 aliphatic rings. The quantitative estimate of drug-likeness (QED) is 0.845. The van der Waals surface area contributed by atoms with Gasteiger partial charge in [0.15, 0.2) is 0 Å². The summed E-state index contributed by atoms with van der Waals surface area (Å²) in [5.74, 6) is -0.220. The molecule has 1 saturated carbocycles. The highest BCUT2D eigenvalue weighted by Gasteiger charge is 2.30. The lowest BCUT2D eigenvalue weighted by Crippen LogP contribution is -2.19. The molecule has 2 rings (SSSR count). The fourth-order valence-corrected chi connectivity index (χ4v) is 2.65. The third kappa shape index (κ3) is 2.97. The maximum Gasteiger partial charge on any atom is 0.123 e. The van der Waals surface area contributed by atoms with E-state index in [4.69, 9.17) is 5.73 Å². The maximum absolute atomic E-state index is 13.1. The second kappa shape index (κ2) is 4.65. The van der Waals surface area contributed by atoms with Crippen molar-refractivity contribution in [1.82, 2.24) is 0 Å². The molecular weight excluding hydrogens is 215 g/mol. The van der Waals surface area contributed by atoms with Crippen LogP contribution in [0.2, 0.25) is 0 Å². The van der Waals surface area contributed by atoms with E-state index in [1.807, 2.05) is 0 Å². The van der Waals surface area contributed by atoms with Crippen molar-refractivity contribution in [2.24, 2.45) is 11.1 Å². The summed E-state index contributed by atoms with van der Waals surface area (Å²) in [6.07, 6.45) is 3.58. The summed E-state index contributed by atoms with van der Waals surface area (Å²) in [4.78, 5) is 0. The lowest BCUT2D eigenvalue weighted by molar-refractivity contribution is 0.378. The van der Waals surface area contributed by atoms with Crippen LogP contribution in [0.5, 0.6) is 0 Å². The Balaban J connectivity index is 2.09. The van der Waals surface area contributed by atoms with E-state index in [1.54, 1.807) is 6.07 Å². The number of nitrogens with one attached hydrogen (secondary N) is 1. The maximum atomic E-state index is 13.1. The van der Waals surface area contributed by atoms with Crippen LogP contribution in [0, 0.1) is 11.2 Å². The molecule has 1 aromatic rings. The van der Waals surface area contributed by atoms with Gasteiger partial charge in [-0.05, 0) is 48.4 Å². The summed E-state index contributed by atoms with van der Waals surface area (Å²) >= 11 is 0. The summed E-state index contributed by atoms with van der Waals surface area (Å²) < 4.78 is 13.1. The SMILES string of the molecule is CC1(C)CCC(Nc2ccc(F)cc2CN)C1. The van der Waals surface area contributed by atoms with Crippen LogP contribution in [0.4, 0.5) is 10.1 Å². The minimum absolute atomic E-state index is 0.220. The van der Waals surface area contributed by atoms with Gasteiger partial charge in [-0.1, -0.05) is 13.8 Å². The summed E-state index contributed by atoms with van der Waals surface area (Å²) in [6.45, 7) is 4.96. The van der Waals surface area contributed by atoms with Crippen LogP contribution in [-0.2, 0) is 6.54 Å². The van der Waals surface area contributed by atoms with Crippen LogP contribution in [0.3, 0.4) is 0 Å². The van der Waals surface area contributed by atoms with Crippen LogP contribution in [0.25, 0.3) is 0 Å². The number of anilines is 1. The van der Waals surface area contributed by atoms with Gasteiger partial charge < -0.3 is 11.1 Å². The molecule has 3 heteroatoms. The first-order valence-corrected chi connectivity index (χ1v) is 6.25. The van der Waals surface area contributed by atoms with E-state index in [1.165, 1.54) is 25.0 Å². The molecule has 0 aliphatic heterocycles. The van der Waals surface area contributed by atoms with Gasteiger partial charge in [0.2, 0.25) is 0 Å². The first-order valence-electron chi connectivity index (χ1n) is 6.25. The van der Waals surface area contributed by atoms with Crippen molar-refractivity contribution in [3.8, 4) is 0 Å². The molecule has 17 heavy (non-hydrogen) atoms. The molecule has 0 aromatic heterocycles. The summed E-state index contributed by atoms with van der Waals surface area (Å²) in [7, 11) is 0. The molecule has 0 heterocycles. The third-order valence-corrected chi connectivity index (χ3v) is 3.62. The molecule has 1 unspecified atom stereocenters. The van der Waals surface area contributed by atoms with E-state index in [0.29, 0.717) is 18.0 Å². The molecule has 0 bridgehead atoms. The highest BCUT2D eigenvalue weighted by atomic mass is 19.1. The molecule has 3 N–H and O–H groups in total. The van der Waals surface area contributed by atoms with Crippen LogP contribution in [-0.4, -0.2) is 6.04 Å². The summed E-state index contributed by atoms with van der Waals surface area (Å²) in [5, 5.41) is 3.50. The standard InChI is InChI=1S/C14H21FN2/c1-14(2)6-5-12(8-14)17-13-4-3-11(15)7-10(13)9-16/h3-4,7,12,17H,5-6,8-9,16H2,1-2H3. The molecule has 2 nitrogen and oxygen atoms in total. The van der Waals surface area contributed by atoms with Crippen molar-refractivity contribution in [3.05, 3.63) is 29.6 Å². The monoisotopic (exact) mass is 236 g/mol. The second-order valence-corrected chi connectivity index (χ2v) is 5.75. The molecule has 0 radical (unpaired) electrons. The first-order chi connectivity index (χ1) is 8.00. The molecule has 0 saturated heterocycles. The number of rotatable bonds is 3. The third-order valence-electron chi connectivity index (χ3n) is 3.62. The van der Waals surface area contributed by atoms with Crippen molar-refractivity contribution >= 4 is 5.69 Å². The Bertz CT molecular complexity index is 401. The fourth-order valence-electron chi connectivity index (χ4n) is 2.65. The Morgan fingerprint density at radius 2 is 2.24 bits per heavy atom. The predicted molar refractivity (Wildman–Crippen MR) is 69.3 cm³/mol. The van der Waals surface area contributed by atoms with Gasteiger partial charge in [-0.3, -0.25) is 0 Å². The number of nitrogens with two attached hydrogens (primary N) is 1. The number of halogens is 1. The minimum Gasteiger partial charge on any atom is -0.382 e. The molecule has 94 valence electrons. The highest BCUT2D eigenvalue weighted by molar-refractivity contribution is 5.52. The van der Waals surface area contributed by atoms with Crippen molar-refractivity contribution < 1.29 is 4.39 Å². The van der Waals surface area contributed by atoms with Crippen molar-refractivity contribution in [2.75, 3.05) is 5.32 Å². The van der Waals surface area contributed by atoms with Gasteiger partial charge in [0.1, 0.15) is 5.82 Å².